The van der Waals surface area contributed by atoms with Gasteiger partial charge in [0.05, 0.1) is 10.5 Å². The van der Waals surface area contributed by atoms with E-state index in [1.807, 2.05) is 30.3 Å². The monoisotopic (exact) mass is 520 g/mol. The molecule has 194 valence electrons. The zero-order valence-electron chi connectivity index (χ0n) is 20.6. The Morgan fingerprint density at radius 2 is 1.41 bits per heavy atom. The van der Waals surface area contributed by atoms with E-state index in [1.165, 1.54) is 12.1 Å². The highest BCUT2D eigenvalue weighted by Crippen LogP contribution is 2.31. The summed E-state index contributed by atoms with van der Waals surface area (Å²) < 4.78 is 28.6. The first kappa shape index (κ1) is 26.6. The Kier molecular flexibility index (Phi) is 8.74. The maximum Gasteiger partial charge on any atom is 0.335 e. The smallest absolute Gasteiger partial charge is 0.335 e. The highest BCUT2D eigenvalue weighted by Gasteiger charge is 2.31. The van der Waals surface area contributed by atoms with Crippen LogP contribution in [0.25, 0.3) is 0 Å². The second-order valence-corrected chi connectivity index (χ2v) is 11.5. The van der Waals surface area contributed by atoms with E-state index in [1.54, 1.807) is 46.8 Å². The number of amides is 1. The molecule has 1 saturated carbocycles. The van der Waals surface area contributed by atoms with Crippen molar-refractivity contribution in [3.63, 3.8) is 0 Å². The molecule has 0 heterocycles. The molecule has 0 saturated heterocycles. The van der Waals surface area contributed by atoms with E-state index in [9.17, 15) is 18.0 Å². The second kappa shape index (κ2) is 12.2. The second-order valence-electron chi connectivity index (χ2n) is 9.53. The molecule has 8 heteroatoms. The van der Waals surface area contributed by atoms with Gasteiger partial charge in [0.2, 0.25) is 15.9 Å². The van der Waals surface area contributed by atoms with Crippen molar-refractivity contribution in [3.8, 4) is 0 Å². The van der Waals surface area contributed by atoms with Crippen LogP contribution in [0.2, 0.25) is 0 Å². The molecule has 1 fully saturated rings. The molecule has 3 aromatic rings. The van der Waals surface area contributed by atoms with Crippen LogP contribution in [-0.4, -0.2) is 36.3 Å². The lowest BCUT2D eigenvalue weighted by atomic mass is 9.81. The molecule has 0 bridgehead atoms. The summed E-state index contributed by atoms with van der Waals surface area (Å²) in [5.41, 5.74) is 1.99. The van der Waals surface area contributed by atoms with E-state index < -0.39 is 16.0 Å². The number of benzene rings is 3. The molecule has 2 N–H and O–H groups in total. The van der Waals surface area contributed by atoms with Crippen LogP contribution < -0.4 is 5.32 Å². The van der Waals surface area contributed by atoms with Gasteiger partial charge in [-0.15, -0.1) is 0 Å². The van der Waals surface area contributed by atoms with E-state index >= 15 is 0 Å². The normalized spacial score (nSPS) is 17.9. The number of hydrogen-bond acceptors (Lipinski definition) is 4. The molecule has 0 atom stereocenters. The summed E-state index contributed by atoms with van der Waals surface area (Å²) in [6.45, 7) is 1.06. The SMILES string of the molecule is O=C(O)c1ccc(CNC(=O)C2CCC(CN(Cc3ccccc3)S(=O)(=O)c3ccccc3)CC2)cc1. The summed E-state index contributed by atoms with van der Waals surface area (Å²) in [6, 6.07) is 24.6. The predicted octanol–water partition coefficient (Wildman–Crippen LogP) is 4.70. The minimum atomic E-state index is -3.66. The molecule has 3 aromatic carbocycles. The Balaban J connectivity index is 1.34. The fourth-order valence-corrected chi connectivity index (χ4v) is 6.30. The van der Waals surface area contributed by atoms with Gasteiger partial charge in [-0.1, -0.05) is 60.7 Å². The standard InChI is InChI=1S/C29H32N2O5S/c32-28(30-19-22-11-17-26(18-12-22)29(33)34)25-15-13-24(14-16-25)21-31(20-23-7-3-1-4-8-23)37(35,36)27-9-5-2-6-10-27/h1-12,17-18,24-25H,13-16,19-21H2,(H,30,32)(H,33,34). The molecular formula is C29H32N2O5S. The largest absolute Gasteiger partial charge is 0.478 e. The number of carbonyl (C=O) groups excluding carboxylic acids is 1. The zero-order chi connectivity index (χ0) is 26.3. The molecule has 0 radical (unpaired) electrons. The summed E-state index contributed by atoms with van der Waals surface area (Å²) >= 11 is 0. The first-order chi connectivity index (χ1) is 17.8. The number of carboxylic acid groups (broad SMARTS) is 1. The van der Waals surface area contributed by atoms with Gasteiger partial charge in [0, 0.05) is 25.6 Å². The first-order valence-corrected chi connectivity index (χ1v) is 14.0. The van der Waals surface area contributed by atoms with Crippen molar-refractivity contribution >= 4 is 21.9 Å². The van der Waals surface area contributed by atoms with E-state index in [-0.39, 0.29) is 28.2 Å². The molecule has 0 aromatic heterocycles. The van der Waals surface area contributed by atoms with E-state index in [2.05, 4.69) is 5.32 Å². The first-order valence-electron chi connectivity index (χ1n) is 12.5. The Morgan fingerprint density at radius 3 is 2.00 bits per heavy atom. The lowest BCUT2D eigenvalue weighted by Gasteiger charge is -2.32. The van der Waals surface area contributed by atoms with E-state index in [0.717, 1.165) is 24.0 Å². The Hall–Kier alpha value is -3.49. The van der Waals surface area contributed by atoms with Crippen LogP contribution >= 0.6 is 0 Å². The van der Waals surface area contributed by atoms with Crippen LogP contribution in [0.3, 0.4) is 0 Å². The molecule has 4 rings (SSSR count). The van der Waals surface area contributed by atoms with Gasteiger partial charge < -0.3 is 10.4 Å². The van der Waals surface area contributed by atoms with Gasteiger partial charge in [-0.2, -0.15) is 4.31 Å². The van der Waals surface area contributed by atoms with Crippen molar-refractivity contribution in [3.05, 3.63) is 102 Å². The third-order valence-corrected chi connectivity index (χ3v) is 8.76. The number of hydrogen-bond donors (Lipinski definition) is 2. The van der Waals surface area contributed by atoms with Crippen molar-refractivity contribution in [2.45, 2.75) is 43.7 Å². The lowest BCUT2D eigenvalue weighted by molar-refractivity contribution is -0.126. The van der Waals surface area contributed by atoms with Crippen LogP contribution in [0, 0.1) is 11.8 Å². The highest BCUT2D eigenvalue weighted by atomic mass is 32.2. The Bertz CT molecular complexity index is 1290. The van der Waals surface area contributed by atoms with Gasteiger partial charge in [-0.25, -0.2) is 13.2 Å². The number of aromatic carboxylic acids is 1. The number of nitrogens with one attached hydrogen (secondary N) is 1. The maximum atomic E-state index is 13.5. The van der Waals surface area contributed by atoms with Gasteiger partial charge in [0.15, 0.2) is 0 Å². The highest BCUT2D eigenvalue weighted by molar-refractivity contribution is 7.89. The van der Waals surface area contributed by atoms with Gasteiger partial charge in [-0.3, -0.25) is 4.79 Å². The Morgan fingerprint density at radius 1 is 0.811 bits per heavy atom. The average molecular weight is 521 g/mol. The minimum absolute atomic E-state index is 0.0150. The molecule has 1 aliphatic carbocycles. The van der Waals surface area contributed by atoms with Gasteiger partial charge in [0.25, 0.3) is 0 Å². The fourth-order valence-electron chi connectivity index (χ4n) is 4.77. The zero-order valence-corrected chi connectivity index (χ0v) is 21.4. The number of carboxylic acids is 1. The summed E-state index contributed by atoms with van der Waals surface area (Å²) in [6.07, 6.45) is 2.97. The molecule has 1 aliphatic rings. The van der Waals surface area contributed by atoms with Crippen LogP contribution in [0.5, 0.6) is 0 Å². The minimum Gasteiger partial charge on any atom is -0.478 e. The van der Waals surface area contributed by atoms with Crippen LogP contribution in [0.4, 0.5) is 0 Å². The number of nitrogens with zero attached hydrogens (tertiary/aromatic N) is 1. The third kappa shape index (κ3) is 7.05. The Labute approximate surface area is 218 Å². The number of carbonyl (C=O) groups is 2. The lowest BCUT2D eigenvalue weighted by Crippen LogP contribution is -2.38. The molecule has 0 spiro atoms. The molecule has 7 nitrogen and oxygen atoms in total. The maximum absolute atomic E-state index is 13.5. The van der Waals surface area contributed by atoms with Crippen LogP contribution in [-0.2, 0) is 27.9 Å². The molecule has 37 heavy (non-hydrogen) atoms. The fraction of sp³-hybridized carbons (Fsp3) is 0.310. The average Bonchev–Trinajstić information content (AvgIpc) is 2.93. The van der Waals surface area contributed by atoms with Crippen LogP contribution in [0.15, 0.2) is 89.8 Å². The van der Waals surface area contributed by atoms with E-state index in [0.29, 0.717) is 32.5 Å². The number of rotatable bonds is 10. The third-order valence-electron chi connectivity index (χ3n) is 6.93. The van der Waals surface area contributed by atoms with Gasteiger partial charge >= 0.3 is 5.97 Å². The van der Waals surface area contributed by atoms with Crippen molar-refractivity contribution in [2.75, 3.05) is 6.54 Å². The summed E-state index contributed by atoms with van der Waals surface area (Å²) in [4.78, 5) is 24.0. The quantitative estimate of drug-likeness (QED) is 0.403. The topological polar surface area (TPSA) is 104 Å². The summed E-state index contributed by atoms with van der Waals surface area (Å²) in [5.74, 6) is -0.928. The summed E-state index contributed by atoms with van der Waals surface area (Å²) in [5, 5.41) is 12.0. The van der Waals surface area contributed by atoms with Gasteiger partial charge in [-0.05, 0) is 67.0 Å². The van der Waals surface area contributed by atoms with Crippen molar-refractivity contribution in [2.24, 2.45) is 11.8 Å². The van der Waals surface area contributed by atoms with Crippen molar-refractivity contribution < 1.29 is 23.1 Å². The van der Waals surface area contributed by atoms with Crippen molar-refractivity contribution in [1.82, 2.24) is 9.62 Å². The molecule has 1 amide bonds. The van der Waals surface area contributed by atoms with Gasteiger partial charge in [0.1, 0.15) is 0 Å². The van der Waals surface area contributed by atoms with Crippen LogP contribution in [0.1, 0.15) is 47.2 Å². The summed E-state index contributed by atoms with van der Waals surface area (Å²) in [7, 11) is -3.66. The molecular weight excluding hydrogens is 488 g/mol. The van der Waals surface area contributed by atoms with E-state index in [4.69, 9.17) is 5.11 Å². The predicted molar refractivity (Wildman–Crippen MR) is 141 cm³/mol. The molecule has 0 unspecified atom stereocenters. The molecule has 0 aliphatic heterocycles. The van der Waals surface area contributed by atoms with Crippen molar-refractivity contribution in [1.29, 1.82) is 0 Å². The number of sulfonamides is 1.